The molecular weight excluding hydrogens is 256 g/mol. The Kier molecular flexibility index (Phi) is 4.27. The molecule has 0 heterocycles. The van der Waals surface area contributed by atoms with Gasteiger partial charge < -0.3 is 15.7 Å². The summed E-state index contributed by atoms with van der Waals surface area (Å²) in [4.78, 5) is 23.0. The van der Waals surface area contributed by atoms with Crippen molar-refractivity contribution in [2.75, 3.05) is 5.32 Å². The van der Waals surface area contributed by atoms with Crippen molar-refractivity contribution in [1.82, 2.24) is 5.32 Å². The Bertz CT molecular complexity index is 492. The number of carbonyl (C=O) groups is 2. The number of aryl methyl sites for hydroxylation is 1. The molecule has 0 radical (unpaired) electrons. The standard InChI is InChI=1S/C15H20N2O3/c1-2-4-11-5-7-12(8-6-11)16-14(20)17-15(13(18)19)9-3-10-15/h5-8H,2-4,9-10H2,1H3,(H,18,19)(H2,16,17,20). The van der Waals surface area contributed by atoms with Crippen molar-refractivity contribution in [3.8, 4) is 0 Å². The van der Waals surface area contributed by atoms with E-state index in [1.54, 1.807) is 0 Å². The van der Waals surface area contributed by atoms with Crippen molar-refractivity contribution in [2.45, 2.75) is 44.6 Å². The van der Waals surface area contributed by atoms with Gasteiger partial charge in [-0.2, -0.15) is 0 Å². The molecule has 108 valence electrons. The first kappa shape index (κ1) is 14.4. The van der Waals surface area contributed by atoms with E-state index in [1.165, 1.54) is 5.56 Å². The van der Waals surface area contributed by atoms with E-state index < -0.39 is 17.5 Å². The Morgan fingerprint density at radius 3 is 2.35 bits per heavy atom. The fourth-order valence-corrected chi connectivity index (χ4v) is 2.35. The number of anilines is 1. The molecule has 1 aromatic rings. The zero-order chi connectivity index (χ0) is 14.6. The minimum Gasteiger partial charge on any atom is -0.480 e. The number of amides is 2. The van der Waals surface area contributed by atoms with E-state index in [1.807, 2.05) is 24.3 Å². The molecule has 1 aliphatic rings. The third-order valence-corrected chi connectivity index (χ3v) is 3.72. The molecule has 0 aliphatic heterocycles. The van der Waals surface area contributed by atoms with Crippen LogP contribution < -0.4 is 10.6 Å². The molecule has 0 atom stereocenters. The molecule has 3 N–H and O–H groups in total. The second-order valence-electron chi connectivity index (χ2n) is 5.27. The van der Waals surface area contributed by atoms with Crippen molar-refractivity contribution < 1.29 is 14.7 Å². The lowest BCUT2D eigenvalue weighted by Gasteiger charge is -2.38. The minimum atomic E-state index is -1.08. The highest BCUT2D eigenvalue weighted by molar-refractivity contribution is 5.94. The number of carboxylic acids is 1. The highest BCUT2D eigenvalue weighted by atomic mass is 16.4. The highest BCUT2D eigenvalue weighted by Crippen LogP contribution is 2.32. The van der Waals surface area contributed by atoms with Crippen LogP contribution in [-0.4, -0.2) is 22.6 Å². The van der Waals surface area contributed by atoms with Crippen LogP contribution in [0.15, 0.2) is 24.3 Å². The Morgan fingerprint density at radius 2 is 1.90 bits per heavy atom. The van der Waals surface area contributed by atoms with Crippen LogP contribution >= 0.6 is 0 Å². The number of carbonyl (C=O) groups excluding carboxylic acids is 1. The number of carboxylic acid groups (broad SMARTS) is 1. The van der Waals surface area contributed by atoms with Crippen LogP contribution in [0.25, 0.3) is 0 Å². The lowest BCUT2D eigenvalue weighted by Crippen LogP contribution is -2.60. The second-order valence-corrected chi connectivity index (χ2v) is 5.27. The number of benzene rings is 1. The van der Waals surface area contributed by atoms with E-state index in [2.05, 4.69) is 17.6 Å². The normalized spacial score (nSPS) is 16.1. The van der Waals surface area contributed by atoms with Gasteiger partial charge in [0.05, 0.1) is 0 Å². The summed E-state index contributed by atoms with van der Waals surface area (Å²) in [5, 5.41) is 14.4. The molecule has 0 unspecified atom stereocenters. The molecule has 1 aromatic carbocycles. The zero-order valence-electron chi connectivity index (χ0n) is 11.6. The van der Waals surface area contributed by atoms with E-state index in [0.29, 0.717) is 18.5 Å². The number of aliphatic carboxylic acids is 1. The molecule has 20 heavy (non-hydrogen) atoms. The van der Waals surface area contributed by atoms with Crippen molar-refractivity contribution >= 4 is 17.7 Å². The van der Waals surface area contributed by atoms with Crippen molar-refractivity contribution in [3.63, 3.8) is 0 Å². The monoisotopic (exact) mass is 276 g/mol. The third-order valence-electron chi connectivity index (χ3n) is 3.72. The Labute approximate surface area is 118 Å². The van der Waals surface area contributed by atoms with E-state index >= 15 is 0 Å². The molecule has 1 saturated carbocycles. The summed E-state index contributed by atoms with van der Waals surface area (Å²) in [6.45, 7) is 2.11. The van der Waals surface area contributed by atoms with Gasteiger partial charge in [-0.1, -0.05) is 25.5 Å². The van der Waals surface area contributed by atoms with Gasteiger partial charge in [-0.15, -0.1) is 0 Å². The van der Waals surface area contributed by atoms with Gasteiger partial charge in [-0.25, -0.2) is 9.59 Å². The van der Waals surface area contributed by atoms with Gasteiger partial charge in [-0.05, 0) is 43.4 Å². The quantitative estimate of drug-likeness (QED) is 0.773. The van der Waals surface area contributed by atoms with Gasteiger partial charge in [0.1, 0.15) is 5.54 Å². The van der Waals surface area contributed by atoms with E-state index in [-0.39, 0.29) is 0 Å². The lowest BCUT2D eigenvalue weighted by atomic mass is 9.77. The number of rotatable bonds is 5. The molecule has 1 fully saturated rings. The smallest absolute Gasteiger partial charge is 0.329 e. The van der Waals surface area contributed by atoms with Gasteiger partial charge in [0.25, 0.3) is 0 Å². The van der Waals surface area contributed by atoms with Crippen LogP contribution in [0.3, 0.4) is 0 Å². The summed E-state index contributed by atoms with van der Waals surface area (Å²) in [5.74, 6) is -0.961. The molecule has 0 saturated heterocycles. The summed E-state index contributed by atoms with van der Waals surface area (Å²) in [7, 11) is 0. The molecule has 5 nitrogen and oxygen atoms in total. The van der Waals surface area contributed by atoms with Crippen molar-refractivity contribution in [2.24, 2.45) is 0 Å². The fourth-order valence-electron chi connectivity index (χ4n) is 2.35. The van der Waals surface area contributed by atoms with Gasteiger partial charge in [0.15, 0.2) is 0 Å². The largest absolute Gasteiger partial charge is 0.480 e. The zero-order valence-corrected chi connectivity index (χ0v) is 11.6. The highest BCUT2D eigenvalue weighted by Gasteiger charge is 2.45. The maximum Gasteiger partial charge on any atom is 0.329 e. The first-order valence-corrected chi connectivity index (χ1v) is 6.97. The first-order valence-electron chi connectivity index (χ1n) is 6.97. The van der Waals surface area contributed by atoms with Gasteiger partial charge in [-0.3, -0.25) is 0 Å². The van der Waals surface area contributed by atoms with Crippen molar-refractivity contribution in [1.29, 1.82) is 0 Å². The SMILES string of the molecule is CCCc1ccc(NC(=O)NC2(C(=O)O)CCC2)cc1. The van der Waals surface area contributed by atoms with Crippen LogP contribution in [0.2, 0.25) is 0 Å². The maximum atomic E-state index is 11.9. The van der Waals surface area contributed by atoms with E-state index in [0.717, 1.165) is 19.3 Å². The fraction of sp³-hybridized carbons (Fsp3) is 0.467. The molecule has 2 rings (SSSR count). The Morgan fingerprint density at radius 1 is 1.25 bits per heavy atom. The average Bonchev–Trinajstić information content (AvgIpc) is 2.36. The van der Waals surface area contributed by atoms with Crippen molar-refractivity contribution in [3.05, 3.63) is 29.8 Å². The molecule has 5 heteroatoms. The molecular formula is C15H20N2O3. The van der Waals surface area contributed by atoms with Gasteiger partial charge in [0.2, 0.25) is 0 Å². The molecule has 0 aromatic heterocycles. The summed E-state index contributed by atoms with van der Waals surface area (Å²) >= 11 is 0. The second kappa shape index (κ2) is 5.94. The van der Waals surface area contributed by atoms with Gasteiger partial charge in [0, 0.05) is 5.69 Å². The van der Waals surface area contributed by atoms with E-state index in [9.17, 15) is 9.59 Å². The Balaban J connectivity index is 1.92. The number of hydrogen-bond donors (Lipinski definition) is 3. The summed E-state index contributed by atoms with van der Waals surface area (Å²) < 4.78 is 0. The number of nitrogens with one attached hydrogen (secondary N) is 2. The molecule has 1 aliphatic carbocycles. The summed E-state index contributed by atoms with van der Waals surface area (Å²) in [6, 6.07) is 7.14. The minimum absolute atomic E-state index is 0.463. The molecule has 0 spiro atoms. The average molecular weight is 276 g/mol. The van der Waals surface area contributed by atoms with Gasteiger partial charge >= 0.3 is 12.0 Å². The predicted molar refractivity (Wildman–Crippen MR) is 76.8 cm³/mol. The molecule has 0 bridgehead atoms. The van der Waals surface area contributed by atoms with Crippen LogP contribution in [0.1, 0.15) is 38.2 Å². The van der Waals surface area contributed by atoms with Crippen LogP contribution in [0.5, 0.6) is 0 Å². The predicted octanol–water partition coefficient (Wildman–Crippen LogP) is 2.77. The maximum absolute atomic E-state index is 11.9. The molecule has 2 amide bonds. The van der Waals surface area contributed by atoms with Crippen LogP contribution in [0.4, 0.5) is 10.5 Å². The number of hydrogen-bond acceptors (Lipinski definition) is 2. The summed E-state index contributed by atoms with van der Waals surface area (Å²) in [5.41, 5.74) is 0.813. The summed E-state index contributed by atoms with van der Waals surface area (Å²) in [6.07, 6.45) is 3.90. The third kappa shape index (κ3) is 3.10. The Hall–Kier alpha value is -2.04. The van der Waals surface area contributed by atoms with Crippen LogP contribution in [0, 0.1) is 0 Å². The first-order chi connectivity index (χ1) is 9.55. The lowest BCUT2D eigenvalue weighted by molar-refractivity contribution is -0.148. The van der Waals surface area contributed by atoms with Crippen LogP contribution in [-0.2, 0) is 11.2 Å². The number of urea groups is 1. The van der Waals surface area contributed by atoms with E-state index in [4.69, 9.17) is 5.11 Å². The topological polar surface area (TPSA) is 78.4 Å².